The molecule has 0 heterocycles. The third-order valence-corrected chi connectivity index (χ3v) is 5.25. The Bertz CT molecular complexity index is 1160. The summed E-state index contributed by atoms with van der Waals surface area (Å²) in [7, 11) is 2.62. The zero-order valence-electron chi connectivity index (χ0n) is 21.0. The number of esters is 2. The molecule has 3 rings (SSSR count). The first-order valence-corrected chi connectivity index (χ1v) is 11.7. The first kappa shape index (κ1) is 27.7. The van der Waals surface area contributed by atoms with Gasteiger partial charge in [-0.15, -0.1) is 0 Å². The van der Waals surface area contributed by atoms with Gasteiger partial charge in [-0.3, -0.25) is 19.2 Å². The molecule has 10 heteroatoms. The lowest BCUT2D eigenvalue weighted by atomic mass is 10.1. The Morgan fingerprint density at radius 2 is 0.947 bits per heavy atom. The Kier molecular flexibility index (Phi) is 10.2. The normalized spacial score (nSPS) is 10.2. The van der Waals surface area contributed by atoms with E-state index in [1.807, 2.05) is 0 Å². The Morgan fingerprint density at radius 3 is 1.29 bits per heavy atom. The van der Waals surface area contributed by atoms with E-state index in [2.05, 4.69) is 20.1 Å². The van der Waals surface area contributed by atoms with Crippen molar-refractivity contribution in [3.8, 4) is 11.5 Å². The van der Waals surface area contributed by atoms with Gasteiger partial charge in [0.15, 0.2) is 0 Å². The molecule has 0 radical (unpaired) electrons. The number of methoxy groups -OCH3 is 2. The largest absolute Gasteiger partial charge is 0.493 e. The van der Waals surface area contributed by atoms with Gasteiger partial charge in [0.1, 0.15) is 11.5 Å². The summed E-state index contributed by atoms with van der Waals surface area (Å²) in [5, 5.41) is 5.54. The van der Waals surface area contributed by atoms with Crippen molar-refractivity contribution in [3.63, 3.8) is 0 Å². The van der Waals surface area contributed by atoms with Crippen molar-refractivity contribution in [2.24, 2.45) is 0 Å². The van der Waals surface area contributed by atoms with Crippen LogP contribution in [0.25, 0.3) is 0 Å². The summed E-state index contributed by atoms with van der Waals surface area (Å²) in [6, 6.07) is 19.7. The van der Waals surface area contributed by atoms with E-state index in [9.17, 15) is 19.2 Å². The molecule has 0 aliphatic heterocycles. The number of carbonyl (C=O) groups is 4. The van der Waals surface area contributed by atoms with Crippen LogP contribution in [-0.2, 0) is 19.1 Å². The molecule has 198 valence electrons. The fourth-order valence-corrected chi connectivity index (χ4v) is 3.25. The number of amides is 2. The van der Waals surface area contributed by atoms with Gasteiger partial charge in [-0.05, 0) is 60.7 Å². The summed E-state index contributed by atoms with van der Waals surface area (Å²) in [5.41, 5.74) is 1.42. The fraction of sp³-hybridized carbons (Fsp3) is 0.214. The van der Waals surface area contributed by atoms with Gasteiger partial charge in [0.2, 0.25) is 0 Å². The molecule has 3 aromatic carbocycles. The van der Waals surface area contributed by atoms with Crippen LogP contribution in [0.4, 0.5) is 11.4 Å². The lowest BCUT2D eigenvalue weighted by Gasteiger charge is -2.12. The second kappa shape index (κ2) is 14.0. The van der Waals surface area contributed by atoms with Crippen molar-refractivity contribution in [1.82, 2.24) is 0 Å². The highest BCUT2D eigenvalue weighted by Gasteiger charge is 2.17. The second-order valence-corrected chi connectivity index (χ2v) is 7.85. The van der Waals surface area contributed by atoms with Gasteiger partial charge in [-0.25, -0.2) is 0 Å². The molecule has 2 amide bonds. The van der Waals surface area contributed by atoms with Gasteiger partial charge in [0.25, 0.3) is 11.8 Å². The molecule has 0 aliphatic carbocycles. The molecule has 0 spiro atoms. The molecule has 2 N–H and O–H groups in total. The maximum atomic E-state index is 12.9. The van der Waals surface area contributed by atoms with Crippen LogP contribution in [0.2, 0.25) is 0 Å². The summed E-state index contributed by atoms with van der Waals surface area (Å²) >= 11 is 0. The van der Waals surface area contributed by atoms with Crippen LogP contribution < -0.4 is 20.1 Å². The first-order chi connectivity index (χ1) is 18.4. The number of hydrogen-bond acceptors (Lipinski definition) is 8. The van der Waals surface area contributed by atoms with Crippen LogP contribution in [0.5, 0.6) is 11.5 Å². The van der Waals surface area contributed by atoms with E-state index in [0.29, 0.717) is 22.9 Å². The topological polar surface area (TPSA) is 129 Å². The van der Waals surface area contributed by atoms with E-state index in [1.54, 1.807) is 72.8 Å². The van der Waals surface area contributed by atoms with Crippen LogP contribution >= 0.6 is 0 Å². The van der Waals surface area contributed by atoms with Crippen LogP contribution in [0.1, 0.15) is 33.6 Å². The maximum Gasteiger partial charge on any atom is 0.308 e. The monoisotopic (exact) mass is 520 g/mol. The van der Waals surface area contributed by atoms with Crippen LogP contribution in [0.3, 0.4) is 0 Å². The summed E-state index contributed by atoms with van der Waals surface area (Å²) in [6.07, 6.45) is 0.256. The number of ether oxygens (including phenoxy) is 4. The Morgan fingerprint density at radius 1 is 0.579 bits per heavy atom. The van der Waals surface area contributed by atoms with Gasteiger partial charge in [0.05, 0.1) is 51.4 Å². The van der Waals surface area contributed by atoms with Crippen molar-refractivity contribution in [2.45, 2.75) is 12.8 Å². The van der Waals surface area contributed by atoms with E-state index < -0.39 is 11.8 Å². The zero-order chi connectivity index (χ0) is 27.3. The average Bonchev–Trinajstić information content (AvgIpc) is 2.94. The van der Waals surface area contributed by atoms with E-state index in [-0.39, 0.29) is 49.1 Å². The van der Waals surface area contributed by atoms with Gasteiger partial charge in [-0.2, -0.15) is 0 Å². The molecule has 0 unspecified atom stereocenters. The minimum atomic E-state index is -0.454. The number of carbonyl (C=O) groups excluding carboxylic acids is 4. The molecule has 0 saturated heterocycles. The fourth-order valence-electron chi connectivity index (χ4n) is 3.25. The van der Waals surface area contributed by atoms with Crippen molar-refractivity contribution >= 4 is 35.1 Å². The number of rotatable bonds is 12. The molecule has 0 saturated carbocycles. The highest BCUT2D eigenvalue weighted by molar-refractivity contribution is 6.15. The summed E-state index contributed by atoms with van der Waals surface area (Å²) in [6.45, 7) is 0.345. The average molecular weight is 521 g/mol. The second-order valence-electron chi connectivity index (χ2n) is 7.85. The standard InChI is InChI=1S/C28H28N2O8/c1-35-25(31)15-17-37-21-11-7-19(8-12-21)29-27(33)23-5-3-4-6-24(23)28(34)30-20-9-13-22(14-10-20)38-18-16-26(32)36-2/h3-14H,15-18H2,1-2H3,(H,29,33)(H,30,34). The highest BCUT2D eigenvalue weighted by Crippen LogP contribution is 2.20. The van der Waals surface area contributed by atoms with E-state index in [1.165, 1.54) is 14.2 Å². The summed E-state index contributed by atoms with van der Waals surface area (Å²) in [5.74, 6) is -0.572. The van der Waals surface area contributed by atoms with Gasteiger partial charge < -0.3 is 29.6 Å². The molecule has 0 atom stereocenters. The SMILES string of the molecule is COC(=O)CCOc1ccc(NC(=O)c2ccccc2C(=O)Nc2ccc(OCCC(=O)OC)cc2)cc1. The van der Waals surface area contributed by atoms with E-state index in [4.69, 9.17) is 9.47 Å². The molecule has 0 fully saturated rings. The van der Waals surface area contributed by atoms with Crippen molar-refractivity contribution < 1.29 is 38.1 Å². The molecule has 38 heavy (non-hydrogen) atoms. The molecule has 0 aromatic heterocycles. The molecular weight excluding hydrogens is 492 g/mol. The number of anilines is 2. The van der Waals surface area contributed by atoms with Crippen LogP contribution in [-0.4, -0.2) is 51.2 Å². The van der Waals surface area contributed by atoms with E-state index >= 15 is 0 Å². The summed E-state index contributed by atoms with van der Waals surface area (Å²) < 4.78 is 20.1. The number of benzene rings is 3. The number of nitrogens with one attached hydrogen (secondary N) is 2. The molecular formula is C28H28N2O8. The van der Waals surface area contributed by atoms with Crippen molar-refractivity contribution in [1.29, 1.82) is 0 Å². The van der Waals surface area contributed by atoms with Gasteiger partial charge in [-0.1, -0.05) is 12.1 Å². The predicted octanol–water partition coefficient (Wildman–Crippen LogP) is 4.08. The number of hydrogen-bond donors (Lipinski definition) is 2. The smallest absolute Gasteiger partial charge is 0.308 e. The Labute approximate surface area is 219 Å². The van der Waals surface area contributed by atoms with Gasteiger partial charge in [0, 0.05) is 11.4 Å². The molecule has 10 nitrogen and oxygen atoms in total. The van der Waals surface area contributed by atoms with Crippen molar-refractivity contribution in [3.05, 3.63) is 83.9 Å². The zero-order valence-corrected chi connectivity index (χ0v) is 21.0. The molecule has 0 aliphatic rings. The van der Waals surface area contributed by atoms with Crippen LogP contribution in [0.15, 0.2) is 72.8 Å². The third kappa shape index (κ3) is 8.37. The van der Waals surface area contributed by atoms with Gasteiger partial charge >= 0.3 is 11.9 Å². The highest BCUT2D eigenvalue weighted by atomic mass is 16.5. The quantitative estimate of drug-likeness (QED) is 0.342. The maximum absolute atomic E-state index is 12.9. The Hall–Kier alpha value is -4.86. The lowest BCUT2D eigenvalue weighted by Crippen LogP contribution is -2.20. The van der Waals surface area contributed by atoms with E-state index in [0.717, 1.165) is 0 Å². The third-order valence-electron chi connectivity index (χ3n) is 5.25. The van der Waals surface area contributed by atoms with Crippen molar-refractivity contribution in [2.75, 3.05) is 38.1 Å². The predicted molar refractivity (Wildman–Crippen MR) is 139 cm³/mol. The molecule has 3 aromatic rings. The minimum Gasteiger partial charge on any atom is -0.493 e. The van der Waals surface area contributed by atoms with Crippen LogP contribution in [0, 0.1) is 0 Å². The Balaban J connectivity index is 1.58. The minimum absolute atomic E-state index is 0.128. The molecule has 0 bridgehead atoms. The summed E-state index contributed by atoms with van der Waals surface area (Å²) in [4.78, 5) is 48.2. The lowest BCUT2D eigenvalue weighted by molar-refractivity contribution is -0.142. The first-order valence-electron chi connectivity index (χ1n) is 11.7.